The maximum absolute atomic E-state index is 12.4. The molecular weight excluding hydrogens is 300 g/mol. The third-order valence-corrected chi connectivity index (χ3v) is 4.08. The van der Waals surface area contributed by atoms with E-state index >= 15 is 0 Å². The zero-order valence-corrected chi connectivity index (χ0v) is 13.0. The van der Waals surface area contributed by atoms with Crippen molar-refractivity contribution in [3.63, 3.8) is 0 Å². The Hall–Kier alpha value is -3.21. The van der Waals surface area contributed by atoms with Crippen LogP contribution in [0.1, 0.15) is 15.9 Å². The second kappa shape index (κ2) is 6.12. The van der Waals surface area contributed by atoms with E-state index in [0.29, 0.717) is 17.8 Å². The average molecular weight is 316 g/mol. The molecule has 0 saturated heterocycles. The summed E-state index contributed by atoms with van der Waals surface area (Å²) < 4.78 is 1.60. The molecule has 118 valence electrons. The average Bonchev–Trinajstić information content (AvgIpc) is 3.06. The topological polar surface area (TPSA) is 59.3 Å². The Morgan fingerprint density at radius 1 is 1.08 bits per heavy atom. The first-order chi connectivity index (χ1) is 11.8. The molecule has 0 spiro atoms. The van der Waals surface area contributed by atoms with Gasteiger partial charge in [-0.1, -0.05) is 42.5 Å². The third-order valence-electron chi connectivity index (χ3n) is 4.08. The van der Waals surface area contributed by atoms with Crippen LogP contribution in [0.15, 0.2) is 67.1 Å². The van der Waals surface area contributed by atoms with Gasteiger partial charge in [0.1, 0.15) is 5.56 Å². The van der Waals surface area contributed by atoms with Crippen LogP contribution in [0.5, 0.6) is 0 Å². The van der Waals surface area contributed by atoms with Gasteiger partial charge in [-0.3, -0.25) is 4.79 Å². The quantitative estimate of drug-likeness (QED) is 0.630. The van der Waals surface area contributed by atoms with Gasteiger partial charge < -0.3 is 5.32 Å². The van der Waals surface area contributed by atoms with Crippen LogP contribution in [0.4, 0.5) is 0 Å². The van der Waals surface area contributed by atoms with Crippen molar-refractivity contribution in [3.8, 4) is 0 Å². The fourth-order valence-corrected chi connectivity index (χ4v) is 2.90. The Morgan fingerprint density at radius 3 is 2.92 bits per heavy atom. The van der Waals surface area contributed by atoms with Crippen molar-refractivity contribution in [2.45, 2.75) is 6.42 Å². The van der Waals surface area contributed by atoms with Gasteiger partial charge >= 0.3 is 0 Å². The molecule has 0 aliphatic heterocycles. The molecule has 4 rings (SSSR count). The van der Waals surface area contributed by atoms with Gasteiger partial charge in [0, 0.05) is 18.9 Å². The van der Waals surface area contributed by atoms with Crippen molar-refractivity contribution in [2.24, 2.45) is 0 Å². The Kier molecular flexibility index (Phi) is 3.67. The highest BCUT2D eigenvalue weighted by molar-refractivity contribution is 5.99. The summed E-state index contributed by atoms with van der Waals surface area (Å²) in [5, 5.41) is 9.54. The molecule has 5 heteroatoms. The summed E-state index contributed by atoms with van der Waals surface area (Å²) in [5.74, 6) is -0.149. The highest BCUT2D eigenvalue weighted by atomic mass is 16.1. The Balaban J connectivity index is 1.48. The predicted octanol–water partition coefficient (Wildman–Crippen LogP) is 2.86. The minimum atomic E-state index is -0.149. The van der Waals surface area contributed by atoms with Gasteiger partial charge in [0.25, 0.3) is 5.91 Å². The van der Waals surface area contributed by atoms with E-state index in [9.17, 15) is 4.79 Å². The van der Waals surface area contributed by atoms with E-state index in [2.05, 4.69) is 45.7 Å². The van der Waals surface area contributed by atoms with Gasteiger partial charge in [0.2, 0.25) is 0 Å². The predicted molar refractivity (Wildman–Crippen MR) is 93.0 cm³/mol. The first-order valence-electron chi connectivity index (χ1n) is 7.86. The number of nitrogens with zero attached hydrogens (tertiary/aromatic N) is 3. The van der Waals surface area contributed by atoms with Crippen LogP contribution in [0.2, 0.25) is 0 Å². The summed E-state index contributed by atoms with van der Waals surface area (Å²) in [5.41, 5.74) is 2.29. The number of rotatable bonds is 4. The molecule has 2 aromatic heterocycles. The van der Waals surface area contributed by atoms with Crippen molar-refractivity contribution >= 4 is 22.3 Å². The molecule has 0 unspecified atom stereocenters. The second-order valence-corrected chi connectivity index (χ2v) is 5.59. The molecule has 24 heavy (non-hydrogen) atoms. The summed E-state index contributed by atoms with van der Waals surface area (Å²) in [6.07, 6.45) is 5.76. The molecule has 1 N–H and O–H groups in total. The van der Waals surface area contributed by atoms with Crippen LogP contribution < -0.4 is 5.32 Å². The maximum atomic E-state index is 12.4. The highest BCUT2D eigenvalue weighted by Crippen LogP contribution is 2.18. The second-order valence-electron chi connectivity index (χ2n) is 5.59. The fourth-order valence-electron chi connectivity index (χ4n) is 2.90. The van der Waals surface area contributed by atoms with E-state index in [1.54, 1.807) is 29.2 Å². The smallest absolute Gasteiger partial charge is 0.256 e. The van der Waals surface area contributed by atoms with Crippen molar-refractivity contribution in [2.75, 3.05) is 6.54 Å². The standard InChI is InChI=1S/C19H16N4O/c24-19(17-13-22-23-12-4-10-20-18(17)23)21-11-9-15-7-3-6-14-5-1-2-8-16(14)15/h1-8,10,12-13H,9,11H2,(H,21,24). The first-order valence-corrected chi connectivity index (χ1v) is 7.86. The highest BCUT2D eigenvalue weighted by Gasteiger charge is 2.13. The lowest BCUT2D eigenvalue weighted by atomic mass is 10.0. The Bertz CT molecular complexity index is 1020. The normalized spacial score (nSPS) is 11.0. The molecule has 0 aliphatic rings. The summed E-state index contributed by atoms with van der Waals surface area (Å²) in [6.45, 7) is 0.566. The molecule has 0 aliphatic carbocycles. The van der Waals surface area contributed by atoms with Gasteiger partial charge in [0.05, 0.1) is 6.20 Å². The number of hydrogen-bond donors (Lipinski definition) is 1. The lowest BCUT2D eigenvalue weighted by molar-refractivity contribution is 0.0955. The molecule has 0 atom stereocenters. The van der Waals surface area contributed by atoms with E-state index in [4.69, 9.17) is 0 Å². The van der Waals surface area contributed by atoms with Crippen LogP contribution >= 0.6 is 0 Å². The molecule has 2 heterocycles. The lowest BCUT2D eigenvalue weighted by Gasteiger charge is -2.07. The molecule has 4 aromatic rings. The minimum Gasteiger partial charge on any atom is -0.352 e. The molecule has 0 radical (unpaired) electrons. The van der Waals surface area contributed by atoms with Crippen LogP contribution in [0.3, 0.4) is 0 Å². The Morgan fingerprint density at radius 2 is 1.96 bits per heavy atom. The molecule has 1 amide bonds. The van der Waals surface area contributed by atoms with Gasteiger partial charge in [-0.05, 0) is 28.8 Å². The molecule has 0 fully saturated rings. The van der Waals surface area contributed by atoms with Crippen molar-refractivity contribution in [1.29, 1.82) is 0 Å². The number of hydrogen-bond acceptors (Lipinski definition) is 3. The molecule has 2 aromatic carbocycles. The van der Waals surface area contributed by atoms with E-state index < -0.39 is 0 Å². The first kappa shape index (κ1) is 14.4. The number of benzene rings is 2. The van der Waals surface area contributed by atoms with E-state index in [-0.39, 0.29) is 5.91 Å². The Labute approximate surface area is 139 Å². The van der Waals surface area contributed by atoms with E-state index in [1.165, 1.54) is 16.3 Å². The molecule has 0 saturated carbocycles. The maximum Gasteiger partial charge on any atom is 0.256 e. The number of amides is 1. The van der Waals surface area contributed by atoms with Crippen LogP contribution in [-0.4, -0.2) is 27.0 Å². The van der Waals surface area contributed by atoms with Crippen molar-refractivity contribution in [3.05, 3.63) is 78.2 Å². The van der Waals surface area contributed by atoms with Gasteiger partial charge in [-0.25, -0.2) is 9.50 Å². The molecule has 5 nitrogen and oxygen atoms in total. The summed E-state index contributed by atoms with van der Waals surface area (Å²) in [6, 6.07) is 16.3. The zero-order valence-electron chi connectivity index (χ0n) is 13.0. The monoisotopic (exact) mass is 316 g/mol. The number of carbonyl (C=O) groups excluding carboxylic acids is 1. The number of fused-ring (bicyclic) bond motifs is 2. The number of carbonyl (C=O) groups is 1. The van der Waals surface area contributed by atoms with Crippen molar-refractivity contribution < 1.29 is 4.79 Å². The SMILES string of the molecule is O=C(NCCc1cccc2ccccc12)c1cnn2cccnc12. The minimum absolute atomic E-state index is 0.149. The van der Waals surface area contributed by atoms with Crippen LogP contribution in [0, 0.1) is 0 Å². The van der Waals surface area contributed by atoms with Gasteiger partial charge in [0.15, 0.2) is 5.65 Å². The van der Waals surface area contributed by atoms with Gasteiger partial charge in [-0.2, -0.15) is 5.10 Å². The summed E-state index contributed by atoms with van der Waals surface area (Å²) in [4.78, 5) is 16.6. The summed E-state index contributed by atoms with van der Waals surface area (Å²) >= 11 is 0. The zero-order chi connectivity index (χ0) is 16.4. The van der Waals surface area contributed by atoms with E-state index in [0.717, 1.165) is 6.42 Å². The number of nitrogens with one attached hydrogen (secondary N) is 1. The lowest BCUT2D eigenvalue weighted by Crippen LogP contribution is -2.25. The third kappa shape index (κ3) is 2.60. The molecular formula is C19H16N4O. The van der Waals surface area contributed by atoms with E-state index in [1.807, 2.05) is 12.1 Å². The molecule has 0 bridgehead atoms. The van der Waals surface area contributed by atoms with Crippen LogP contribution in [0.25, 0.3) is 16.4 Å². The largest absolute Gasteiger partial charge is 0.352 e. The van der Waals surface area contributed by atoms with Crippen LogP contribution in [-0.2, 0) is 6.42 Å². The number of aromatic nitrogens is 3. The van der Waals surface area contributed by atoms with Crippen molar-refractivity contribution in [1.82, 2.24) is 19.9 Å². The van der Waals surface area contributed by atoms with Gasteiger partial charge in [-0.15, -0.1) is 0 Å². The fraction of sp³-hybridized carbons (Fsp3) is 0.105. The summed E-state index contributed by atoms with van der Waals surface area (Å²) in [7, 11) is 0.